The molecule has 1 saturated heterocycles. The molecular weight excluding hydrogens is 620 g/mol. The van der Waals surface area contributed by atoms with E-state index in [9.17, 15) is 9.59 Å². The van der Waals surface area contributed by atoms with Gasteiger partial charge in [-0.15, -0.1) is 0 Å². The number of carbonyl (C=O) groups excluding carboxylic acids is 2. The van der Waals surface area contributed by atoms with Gasteiger partial charge >= 0.3 is 0 Å². The first kappa shape index (κ1) is 46.9. The number of ether oxygens (including phenoxy) is 2. The lowest BCUT2D eigenvalue weighted by molar-refractivity contribution is -0.148. The predicted molar refractivity (Wildman–Crippen MR) is 214 cm³/mol. The van der Waals surface area contributed by atoms with Crippen molar-refractivity contribution in [1.82, 2.24) is 10.2 Å². The van der Waals surface area contributed by atoms with Gasteiger partial charge in [-0.3, -0.25) is 9.59 Å². The van der Waals surface area contributed by atoms with Crippen molar-refractivity contribution in [2.75, 3.05) is 26.2 Å². The highest BCUT2D eigenvalue weighted by Crippen LogP contribution is 2.23. The second kappa shape index (κ2) is 33.7. The van der Waals surface area contributed by atoms with Crippen molar-refractivity contribution >= 4 is 11.8 Å². The summed E-state index contributed by atoms with van der Waals surface area (Å²) in [5, 5.41) is 3.08. The third kappa shape index (κ3) is 29.4. The van der Waals surface area contributed by atoms with Crippen LogP contribution in [0.25, 0.3) is 0 Å². The second-order valence-corrected chi connectivity index (χ2v) is 16.1. The fourth-order valence-electron chi connectivity index (χ4n) is 7.29. The molecule has 0 bridgehead atoms. The molecule has 0 aromatic rings. The Balaban J connectivity index is 2.12. The molecule has 1 heterocycles. The van der Waals surface area contributed by atoms with Crippen LogP contribution in [0.15, 0.2) is 0 Å². The number of hydrogen-bond acceptors (Lipinski definition) is 4. The molecule has 1 aliphatic heterocycles. The number of amides is 2. The van der Waals surface area contributed by atoms with E-state index < -0.39 is 5.79 Å². The largest absolute Gasteiger partial charge is 0.355 e. The first-order valence-electron chi connectivity index (χ1n) is 22.2. The molecule has 6 nitrogen and oxygen atoms in total. The maximum absolute atomic E-state index is 13.2. The van der Waals surface area contributed by atoms with E-state index in [-0.39, 0.29) is 24.5 Å². The van der Waals surface area contributed by atoms with Crippen molar-refractivity contribution in [2.24, 2.45) is 0 Å². The lowest BCUT2D eigenvalue weighted by atomic mass is 10.0. The number of hydrogen-bond donors (Lipinski definition) is 1. The van der Waals surface area contributed by atoms with Gasteiger partial charge in [0.25, 0.3) is 0 Å². The minimum atomic E-state index is -0.636. The number of carbonyl (C=O) groups is 2. The molecule has 6 heteroatoms. The molecule has 1 fully saturated rings. The monoisotopic (exact) mass is 707 g/mol. The average Bonchev–Trinajstić information content (AvgIpc) is 3.44. The first-order valence-corrected chi connectivity index (χ1v) is 22.2. The van der Waals surface area contributed by atoms with Crippen LogP contribution in [0.4, 0.5) is 0 Å². The SMILES string of the molecule is CCCCCCCCCCCCCCCCCCNC(=O)CN(CC1COC(C)(C)O1)C(=O)CCCCCCCCCCCCCCCCC. The lowest BCUT2D eigenvalue weighted by Gasteiger charge is -2.25. The van der Waals surface area contributed by atoms with E-state index in [2.05, 4.69) is 19.2 Å². The third-order valence-corrected chi connectivity index (χ3v) is 10.5. The van der Waals surface area contributed by atoms with E-state index in [1.807, 2.05) is 13.8 Å². The van der Waals surface area contributed by atoms with Gasteiger partial charge in [0.1, 0.15) is 6.10 Å². The van der Waals surface area contributed by atoms with Crippen LogP contribution in [-0.4, -0.2) is 54.8 Å². The van der Waals surface area contributed by atoms with Crippen molar-refractivity contribution in [1.29, 1.82) is 0 Å². The first-order chi connectivity index (χ1) is 24.4. The molecule has 0 aliphatic carbocycles. The van der Waals surface area contributed by atoms with Crippen LogP contribution in [-0.2, 0) is 19.1 Å². The van der Waals surface area contributed by atoms with Gasteiger partial charge in [0.15, 0.2) is 5.79 Å². The third-order valence-electron chi connectivity index (χ3n) is 10.5. The van der Waals surface area contributed by atoms with Crippen LogP contribution < -0.4 is 5.32 Å². The van der Waals surface area contributed by atoms with Crippen LogP contribution in [0.3, 0.4) is 0 Å². The van der Waals surface area contributed by atoms with Gasteiger partial charge in [-0.25, -0.2) is 0 Å². The van der Waals surface area contributed by atoms with Crippen LogP contribution in [0.1, 0.15) is 233 Å². The second-order valence-electron chi connectivity index (χ2n) is 16.1. The summed E-state index contributed by atoms with van der Waals surface area (Å²) in [7, 11) is 0. The van der Waals surface area contributed by atoms with Gasteiger partial charge in [-0.2, -0.15) is 0 Å². The Kier molecular flexibility index (Phi) is 31.6. The predicted octanol–water partition coefficient (Wildman–Crippen LogP) is 12.6. The zero-order valence-corrected chi connectivity index (χ0v) is 34.1. The summed E-state index contributed by atoms with van der Waals surface area (Å²) in [4.78, 5) is 27.8. The van der Waals surface area contributed by atoms with Crippen molar-refractivity contribution < 1.29 is 19.1 Å². The van der Waals surface area contributed by atoms with Crippen LogP contribution >= 0.6 is 0 Å². The molecular formula is C44H86N2O4. The Hall–Kier alpha value is -1.14. The molecule has 50 heavy (non-hydrogen) atoms. The molecule has 0 aromatic heterocycles. The van der Waals surface area contributed by atoms with E-state index >= 15 is 0 Å². The lowest BCUT2D eigenvalue weighted by Crippen LogP contribution is -2.45. The molecule has 1 unspecified atom stereocenters. The zero-order chi connectivity index (χ0) is 36.4. The average molecular weight is 707 g/mol. The number of rotatable bonds is 37. The Labute approximate surface area is 311 Å². The smallest absolute Gasteiger partial charge is 0.239 e. The molecule has 1 aliphatic rings. The Morgan fingerprint density at radius 2 is 0.920 bits per heavy atom. The van der Waals surface area contributed by atoms with Crippen LogP contribution in [0.2, 0.25) is 0 Å². The van der Waals surface area contributed by atoms with Crippen LogP contribution in [0.5, 0.6) is 0 Å². The molecule has 0 radical (unpaired) electrons. The fourth-order valence-corrected chi connectivity index (χ4v) is 7.29. The standard InChI is InChI=1S/C44H86N2O4/c1-5-7-9-11-13-15-17-19-21-23-25-27-29-31-33-35-37-45-42(47)39-46(38-41-40-49-44(3,4)50-41)43(48)36-34-32-30-28-26-24-22-20-18-16-14-12-10-8-6-2/h41H,5-40H2,1-4H3,(H,45,47). The summed E-state index contributed by atoms with van der Waals surface area (Å²) in [6, 6.07) is 0. The van der Waals surface area contributed by atoms with Gasteiger partial charge in [-0.1, -0.05) is 200 Å². The van der Waals surface area contributed by atoms with Crippen molar-refractivity contribution in [3.8, 4) is 0 Å². The number of nitrogens with one attached hydrogen (secondary N) is 1. The van der Waals surface area contributed by atoms with E-state index in [1.54, 1.807) is 4.90 Å². The quantitative estimate of drug-likeness (QED) is 0.0653. The Morgan fingerprint density at radius 1 is 0.560 bits per heavy atom. The Morgan fingerprint density at radius 3 is 1.28 bits per heavy atom. The number of unbranched alkanes of at least 4 members (excludes halogenated alkanes) is 29. The molecule has 2 amide bonds. The maximum Gasteiger partial charge on any atom is 0.239 e. The van der Waals surface area contributed by atoms with Gasteiger partial charge in [0.2, 0.25) is 11.8 Å². The summed E-state index contributed by atoms with van der Waals surface area (Å²) in [6.07, 6.45) is 41.4. The summed E-state index contributed by atoms with van der Waals surface area (Å²) >= 11 is 0. The van der Waals surface area contributed by atoms with Gasteiger partial charge in [-0.05, 0) is 26.7 Å². The summed E-state index contributed by atoms with van der Waals surface area (Å²) in [5.41, 5.74) is 0. The highest BCUT2D eigenvalue weighted by atomic mass is 16.7. The highest BCUT2D eigenvalue weighted by molar-refractivity contribution is 5.84. The summed E-state index contributed by atoms with van der Waals surface area (Å²) < 4.78 is 11.7. The van der Waals surface area contributed by atoms with Gasteiger partial charge in [0.05, 0.1) is 13.2 Å². The zero-order valence-electron chi connectivity index (χ0n) is 34.1. The summed E-state index contributed by atoms with van der Waals surface area (Å²) in [5.74, 6) is -0.636. The topological polar surface area (TPSA) is 67.9 Å². The van der Waals surface area contributed by atoms with E-state index in [0.29, 0.717) is 26.1 Å². The van der Waals surface area contributed by atoms with E-state index in [4.69, 9.17) is 9.47 Å². The van der Waals surface area contributed by atoms with Gasteiger partial charge in [0, 0.05) is 19.5 Å². The highest BCUT2D eigenvalue weighted by Gasteiger charge is 2.34. The molecule has 0 saturated carbocycles. The van der Waals surface area contributed by atoms with Crippen molar-refractivity contribution in [3.63, 3.8) is 0 Å². The molecule has 1 atom stereocenters. The summed E-state index contributed by atoms with van der Waals surface area (Å²) in [6.45, 7) is 10.0. The molecule has 0 spiro atoms. The number of nitrogens with zero attached hydrogens (tertiary/aromatic N) is 1. The minimum absolute atomic E-state index is 0.0607. The normalized spacial score (nSPS) is 15.5. The minimum Gasteiger partial charge on any atom is -0.355 e. The molecule has 1 rings (SSSR count). The van der Waals surface area contributed by atoms with Crippen LogP contribution in [0, 0.1) is 0 Å². The maximum atomic E-state index is 13.2. The fraction of sp³-hybridized carbons (Fsp3) is 0.955. The van der Waals surface area contributed by atoms with E-state index in [1.165, 1.54) is 173 Å². The molecule has 1 N–H and O–H groups in total. The Bertz CT molecular complexity index is 773. The van der Waals surface area contributed by atoms with Gasteiger partial charge < -0.3 is 19.7 Å². The molecule has 296 valence electrons. The van der Waals surface area contributed by atoms with Crippen molar-refractivity contribution in [2.45, 2.75) is 245 Å². The molecule has 0 aromatic carbocycles. The van der Waals surface area contributed by atoms with Crippen molar-refractivity contribution in [3.05, 3.63) is 0 Å². The van der Waals surface area contributed by atoms with E-state index in [0.717, 1.165) is 25.7 Å².